The molecule has 1 aromatic heterocycles. The molecule has 0 unspecified atom stereocenters. The van der Waals surface area contributed by atoms with Gasteiger partial charge in [0.1, 0.15) is 12.3 Å². The average Bonchev–Trinajstić information content (AvgIpc) is 2.79. The van der Waals surface area contributed by atoms with Gasteiger partial charge in [-0.1, -0.05) is 45.0 Å². The van der Waals surface area contributed by atoms with Gasteiger partial charge in [-0.15, -0.1) is 0 Å². The zero-order valence-corrected chi connectivity index (χ0v) is 15.4. The van der Waals surface area contributed by atoms with E-state index >= 15 is 0 Å². The normalized spacial score (nSPS) is 13.0. The van der Waals surface area contributed by atoms with Gasteiger partial charge in [-0.05, 0) is 42.9 Å². The zero-order chi connectivity index (χ0) is 18.1. The summed E-state index contributed by atoms with van der Waals surface area (Å²) in [5.74, 6) is -0.401. The third-order valence-electron chi connectivity index (χ3n) is 4.31. The van der Waals surface area contributed by atoms with Crippen LogP contribution in [0.2, 0.25) is 0 Å². The van der Waals surface area contributed by atoms with Gasteiger partial charge in [0.2, 0.25) is 0 Å². The zero-order valence-electron chi connectivity index (χ0n) is 15.4. The van der Waals surface area contributed by atoms with E-state index < -0.39 is 12.1 Å². The van der Waals surface area contributed by atoms with Gasteiger partial charge in [0.25, 0.3) is 0 Å². The highest BCUT2D eigenvalue weighted by atomic mass is 16.5. The number of aliphatic hydroxyl groups excluding tert-OH is 1. The SMILES string of the molecule is Cc1[nH]c(C(=O)OCc2ccc(C(C)(C)C)cc2)c(C)c1[C@@H](C)O. The van der Waals surface area contributed by atoms with Crippen molar-refractivity contribution in [1.82, 2.24) is 4.98 Å². The molecule has 0 bridgehead atoms. The van der Waals surface area contributed by atoms with E-state index in [0.717, 1.165) is 22.4 Å². The lowest BCUT2D eigenvalue weighted by Gasteiger charge is -2.19. The summed E-state index contributed by atoms with van der Waals surface area (Å²) in [6, 6.07) is 8.11. The van der Waals surface area contributed by atoms with Crippen LogP contribution in [0.5, 0.6) is 0 Å². The van der Waals surface area contributed by atoms with Crippen LogP contribution in [0, 0.1) is 13.8 Å². The molecular weight excluding hydrogens is 302 g/mol. The summed E-state index contributed by atoms with van der Waals surface area (Å²) >= 11 is 0. The number of aromatic amines is 1. The van der Waals surface area contributed by atoms with Crippen LogP contribution in [0.15, 0.2) is 24.3 Å². The van der Waals surface area contributed by atoms with Crippen LogP contribution in [-0.2, 0) is 16.8 Å². The molecule has 4 nitrogen and oxygen atoms in total. The van der Waals surface area contributed by atoms with Crippen molar-refractivity contribution < 1.29 is 14.6 Å². The first-order valence-electron chi connectivity index (χ1n) is 8.25. The minimum atomic E-state index is -0.618. The topological polar surface area (TPSA) is 62.3 Å². The first-order chi connectivity index (χ1) is 11.1. The number of hydrogen-bond donors (Lipinski definition) is 2. The fourth-order valence-electron chi connectivity index (χ4n) is 2.92. The Bertz CT molecular complexity index is 719. The minimum Gasteiger partial charge on any atom is -0.456 e. The number of benzene rings is 1. The van der Waals surface area contributed by atoms with Gasteiger partial charge in [-0.3, -0.25) is 0 Å². The Labute approximate surface area is 143 Å². The minimum absolute atomic E-state index is 0.103. The fraction of sp³-hybridized carbons (Fsp3) is 0.450. The van der Waals surface area contributed by atoms with E-state index in [4.69, 9.17) is 4.74 Å². The van der Waals surface area contributed by atoms with Crippen molar-refractivity contribution in [2.45, 2.75) is 59.7 Å². The summed E-state index contributed by atoms with van der Waals surface area (Å²) in [6.45, 7) is 12.1. The van der Waals surface area contributed by atoms with Crippen LogP contribution in [0.3, 0.4) is 0 Å². The van der Waals surface area contributed by atoms with Crippen LogP contribution in [-0.4, -0.2) is 16.1 Å². The van der Waals surface area contributed by atoms with Crippen molar-refractivity contribution in [1.29, 1.82) is 0 Å². The largest absolute Gasteiger partial charge is 0.456 e. The first kappa shape index (κ1) is 18.3. The van der Waals surface area contributed by atoms with Crippen LogP contribution in [0.4, 0.5) is 0 Å². The number of nitrogens with one attached hydrogen (secondary N) is 1. The number of aromatic nitrogens is 1. The lowest BCUT2D eigenvalue weighted by Crippen LogP contribution is -2.11. The number of aliphatic hydroxyl groups is 1. The average molecular weight is 329 g/mol. The highest BCUT2D eigenvalue weighted by Gasteiger charge is 2.21. The molecule has 2 aromatic rings. The second kappa shape index (κ2) is 6.81. The summed E-state index contributed by atoms with van der Waals surface area (Å²) < 4.78 is 5.42. The lowest BCUT2D eigenvalue weighted by molar-refractivity contribution is 0.0465. The Morgan fingerprint density at radius 1 is 1.21 bits per heavy atom. The van der Waals surface area contributed by atoms with Gasteiger partial charge in [-0.25, -0.2) is 4.79 Å². The molecule has 0 spiro atoms. The molecule has 1 heterocycles. The van der Waals surface area contributed by atoms with E-state index in [1.165, 1.54) is 5.56 Å². The van der Waals surface area contributed by atoms with Crippen molar-refractivity contribution in [3.63, 3.8) is 0 Å². The van der Waals surface area contributed by atoms with E-state index in [2.05, 4.69) is 37.9 Å². The molecule has 0 aliphatic heterocycles. The Morgan fingerprint density at radius 3 is 2.25 bits per heavy atom. The Kier molecular flexibility index (Phi) is 5.19. The smallest absolute Gasteiger partial charge is 0.355 e. The standard InChI is InChI=1S/C20H27NO3/c1-12-17(14(3)22)13(2)21-18(12)19(23)24-11-15-7-9-16(10-8-15)20(4,5)6/h7-10,14,21-22H,11H2,1-6H3/t14-/m1/s1. The van der Waals surface area contributed by atoms with Gasteiger partial charge in [0.15, 0.2) is 0 Å². The van der Waals surface area contributed by atoms with Gasteiger partial charge >= 0.3 is 5.97 Å². The Morgan fingerprint density at radius 2 is 1.79 bits per heavy atom. The quantitative estimate of drug-likeness (QED) is 0.820. The molecule has 0 fully saturated rings. The first-order valence-corrected chi connectivity index (χ1v) is 8.25. The molecule has 4 heteroatoms. The number of carbonyl (C=O) groups excluding carboxylic acids is 1. The monoisotopic (exact) mass is 329 g/mol. The molecule has 0 saturated heterocycles. The number of H-pyrrole nitrogens is 1. The van der Waals surface area contributed by atoms with E-state index in [0.29, 0.717) is 5.69 Å². The molecule has 1 atom stereocenters. The third kappa shape index (κ3) is 3.88. The second-order valence-electron chi connectivity index (χ2n) is 7.36. The number of carbonyl (C=O) groups is 1. The lowest BCUT2D eigenvalue weighted by atomic mass is 9.87. The molecule has 0 amide bonds. The summed E-state index contributed by atoms with van der Waals surface area (Å²) in [7, 11) is 0. The molecule has 130 valence electrons. The van der Waals surface area contributed by atoms with Gasteiger partial charge < -0.3 is 14.8 Å². The van der Waals surface area contributed by atoms with Crippen molar-refractivity contribution in [2.24, 2.45) is 0 Å². The molecule has 0 radical (unpaired) electrons. The third-order valence-corrected chi connectivity index (χ3v) is 4.31. The molecule has 1 aromatic carbocycles. The molecule has 2 rings (SSSR count). The summed E-state index contributed by atoms with van der Waals surface area (Å²) in [5.41, 5.74) is 5.01. The predicted molar refractivity (Wildman–Crippen MR) is 95.2 cm³/mol. The van der Waals surface area contributed by atoms with Gasteiger partial charge in [0, 0.05) is 11.3 Å². The number of aryl methyl sites for hydroxylation is 1. The number of rotatable bonds is 4. The Balaban J connectivity index is 2.07. The number of esters is 1. The van der Waals surface area contributed by atoms with Crippen molar-refractivity contribution >= 4 is 5.97 Å². The maximum atomic E-state index is 12.3. The highest BCUT2D eigenvalue weighted by Crippen LogP contribution is 2.25. The van der Waals surface area contributed by atoms with Crippen LogP contribution in [0.1, 0.15) is 72.2 Å². The van der Waals surface area contributed by atoms with Crippen LogP contribution >= 0.6 is 0 Å². The summed E-state index contributed by atoms with van der Waals surface area (Å²) in [6.07, 6.45) is -0.618. The summed E-state index contributed by atoms with van der Waals surface area (Å²) in [4.78, 5) is 15.3. The number of ether oxygens (including phenoxy) is 1. The molecule has 0 saturated carbocycles. The van der Waals surface area contributed by atoms with Crippen LogP contribution < -0.4 is 0 Å². The van der Waals surface area contributed by atoms with Crippen LogP contribution in [0.25, 0.3) is 0 Å². The maximum Gasteiger partial charge on any atom is 0.355 e. The van der Waals surface area contributed by atoms with Gasteiger partial charge in [-0.2, -0.15) is 0 Å². The Hall–Kier alpha value is -2.07. The van der Waals surface area contributed by atoms with E-state index in [-0.39, 0.29) is 12.0 Å². The van der Waals surface area contributed by atoms with Crippen molar-refractivity contribution in [3.05, 3.63) is 57.9 Å². The molecular formula is C20H27NO3. The maximum absolute atomic E-state index is 12.3. The van der Waals surface area contributed by atoms with E-state index in [1.807, 2.05) is 26.0 Å². The van der Waals surface area contributed by atoms with Crippen molar-refractivity contribution in [3.8, 4) is 0 Å². The molecule has 0 aliphatic carbocycles. The highest BCUT2D eigenvalue weighted by molar-refractivity contribution is 5.89. The van der Waals surface area contributed by atoms with Crippen molar-refractivity contribution in [2.75, 3.05) is 0 Å². The molecule has 24 heavy (non-hydrogen) atoms. The molecule has 2 N–H and O–H groups in total. The predicted octanol–water partition coefficient (Wildman–Crippen LogP) is 4.34. The second-order valence-corrected chi connectivity index (χ2v) is 7.36. The summed E-state index contributed by atoms with van der Waals surface area (Å²) in [5, 5.41) is 9.81. The van der Waals surface area contributed by atoms with Gasteiger partial charge in [0.05, 0.1) is 6.10 Å². The number of hydrogen-bond acceptors (Lipinski definition) is 3. The van der Waals surface area contributed by atoms with E-state index in [9.17, 15) is 9.90 Å². The fourth-order valence-corrected chi connectivity index (χ4v) is 2.92. The molecule has 0 aliphatic rings. The van der Waals surface area contributed by atoms with E-state index in [1.54, 1.807) is 6.92 Å².